The van der Waals surface area contributed by atoms with Gasteiger partial charge in [0.15, 0.2) is 0 Å². The Kier molecular flexibility index (Phi) is 3.73. The van der Waals surface area contributed by atoms with Crippen molar-refractivity contribution in [3.05, 3.63) is 71.3 Å². The summed E-state index contributed by atoms with van der Waals surface area (Å²) in [5.74, 6) is 0.482. The van der Waals surface area contributed by atoms with E-state index in [4.69, 9.17) is 9.47 Å². The molecule has 0 bridgehead atoms. The predicted octanol–water partition coefficient (Wildman–Crippen LogP) is 3.49. The molecule has 1 heterocycles. The third-order valence-electron chi connectivity index (χ3n) is 3.51. The minimum Gasteiger partial charge on any atom is -0.497 e. The first-order valence-electron chi connectivity index (χ1n) is 6.87. The summed E-state index contributed by atoms with van der Waals surface area (Å²) >= 11 is 0. The molecule has 2 aromatic carbocycles. The van der Waals surface area contributed by atoms with Crippen molar-refractivity contribution in [1.82, 2.24) is 0 Å². The van der Waals surface area contributed by atoms with Gasteiger partial charge in [-0.1, -0.05) is 36.4 Å². The van der Waals surface area contributed by atoms with E-state index in [9.17, 15) is 4.79 Å². The molecule has 2 aromatic rings. The Labute approximate surface area is 123 Å². The quantitative estimate of drug-likeness (QED) is 0.807. The smallest absolute Gasteiger partial charge is 0.339 e. The van der Waals surface area contributed by atoms with Crippen LogP contribution in [0.2, 0.25) is 0 Å². The maximum atomic E-state index is 12.0. The molecular weight excluding hydrogens is 264 g/mol. The normalized spacial score (nSPS) is 17.4. The Bertz CT molecular complexity index is 674. The van der Waals surface area contributed by atoms with Gasteiger partial charge in [-0.05, 0) is 35.4 Å². The van der Waals surface area contributed by atoms with Gasteiger partial charge in [-0.2, -0.15) is 0 Å². The van der Waals surface area contributed by atoms with E-state index in [-0.39, 0.29) is 12.1 Å². The number of esters is 1. The van der Waals surface area contributed by atoms with Crippen LogP contribution in [0.25, 0.3) is 6.08 Å². The van der Waals surface area contributed by atoms with Crippen LogP contribution in [-0.4, -0.2) is 19.2 Å². The first kappa shape index (κ1) is 13.4. The van der Waals surface area contributed by atoms with Gasteiger partial charge in [0.1, 0.15) is 11.9 Å². The van der Waals surface area contributed by atoms with E-state index in [2.05, 4.69) is 0 Å². The Morgan fingerprint density at radius 3 is 2.76 bits per heavy atom. The number of carbonyl (C=O) groups is 1. The van der Waals surface area contributed by atoms with Crippen molar-refractivity contribution in [2.75, 3.05) is 7.11 Å². The monoisotopic (exact) mass is 280 g/mol. The van der Waals surface area contributed by atoms with E-state index in [1.54, 1.807) is 19.2 Å². The molecule has 0 saturated heterocycles. The van der Waals surface area contributed by atoms with Crippen LogP contribution >= 0.6 is 0 Å². The zero-order chi connectivity index (χ0) is 14.7. The third kappa shape index (κ3) is 2.97. The van der Waals surface area contributed by atoms with Crippen molar-refractivity contribution < 1.29 is 14.3 Å². The summed E-state index contributed by atoms with van der Waals surface area (Å²) in [7, 11) is 1.62. The SMILES string of the molecule is COc1ccc2c(c1)CC(C=Cc1ccccc1)OC2=O. The number of hydrogen-bond acceptors (Lipinski definition) is 3. The summed E-state index contributed by atoms with van der Waals surface area (Å²) in [6, 6.07) is 15.4. The lowest BCUT2D eigenvalue weighted by Gasteiger charge is -2.22. The van der Waals surface area contributed by atoms with Gasteiger partial charge in [-0.25, -0.2) is 4.79 Å². The van der Waals surface area contributed by atoms with Gasteiger partial charge in [0, 0.05) is 6.42 Å². The summed E-state index contributed by atoms with van der Waals surface area (Å²) in [6.45, 7) is 0. The van der Waals surface area contributed by atoms with Gasteiger partial charge in [0.2, 0.25) is 0 Å². The Morgan fingerprint density at radius 1 is 1.19 bits per heavy atom. The molecule has 21 heavy (non-hydrogen) atoms. The molecule has 1 atom stereocenters. The maximum Gasteiger partial charge on any atom is 0.339 e. The van der Waals surface area contributed by atoms with E-state index < -0.39 is 0 Å². The molecule has 0 saturated carbocycles. The van der Waals surface area contributed by atoms with Crippen LogP contribution in [0.1, 0.15) is 21.5 Å². The molecule has 0 spiro atoms. The molecule has 0 radical (unpaired) electrons. The van der Waals surface area contributed by atoms with Crippen LogP contribution in [-0.2, 0) is 11.2 Å². The second kappa shape index (κ2) is 5.83. The molecule has 0 aliphatic carbocycles. The number of ether oxygens (including phenoxy) is 2. The van der Waals surface area contributed by atoms with Crippen LogP contribution in [0.5, 0.6) is 5.75 Å². The van der Waals surface area contributed by atoms with Gasteiger partial charge < -0.3 is 9.47 Å². The summed E-state index contributed by atoms with van der Waals surface area (Å²) in [5.41, 5.74) is 2.68. The maximum absolute atomic E-state index is 12.0. The fourth-order valence-corrected chi connectivity index (χ4v) is 2.41. The fraction of sp³-hybridized carbons (Fsp3) is 0.167. The summed E-state index contributed by atoms with van der Waals surface area (Å²) in [4.78, 5) is 12.0. The highest BCUT2D eigenvalue weighted by Gasteiger charge is 2.24. The number of rotatable bonds is 3. The van der Waals surface area contributed by atoms with Gasteiger partial charge in [-0.3, -0.25) is 0 Å². The highest BCUT2D eigenvalue weighted by molar-refractivity contribution is 5.92. The van der Waals surface area contributed by atoms with Crippen molar-refractivity contribution in [3.8, 4) is 5.75 Å². The zero-order valence-electron chi connectivity index (χ0n) is 11.8. The minimum absolute atomic E-state index is 0.239. The minimum atomic E-state index is -0.276. The van der Waals surface area contributed by atoms with Crippen LogP contribution in [0.3, 0.4) is 0 Å². The second-order valence-electron chi connectivity index (χ2n) is 4.94. The molecule has 0 N–H and O–H groups in total. The first-order chi connectivity index (χ1) is 10.3. The Hall–Kier alpha value is -2.55. The van der Waals surface area contributed by atoms with Crippen LogP contribution < -0.4 is 4.74 Å². The zero-order valence-corrected chi connectivity index (χ0v) is 11.8. The van der Waals surface area contributed by atoms with Crippen LogP contribution in [0, 0.1) is 0 Å². The molecule has 1 aliphatic rings. The highest BCUT2D eigenvalue weighted by atomic mass is 16.5. The predicted molar refractivity (Wildman–Crippen MR) is 81.4 cm³/mol. The summed E-state index contributed by atoms with van der Waals surface area (Å²) in [5, 5.41) is 0. The van der Waals surface area contributed by atoms with Crippen molar-refractivity contribution >= 4 is 12.0 Å². The molecule has 0 amide bonds. The molecular formula is C18H16O3. The molecule has 3 nitrogen and oxygen atoms in total. The second-order valence-corrected chi connectivity index (χ2v) is 4.94. The first-order valence-corrected chi connectivity index (χ1v) is 6.87. The molecule has 0 fully saturated rings. The number of cyclic esters (lactones) is 1. The van der Waals surface area contributed by atoms with E-state index in [1.165, 1.54) is 0 Å². The molecule has 106 valence electrons. The summed E-state index contributed by atoms with van der Waals surface area (Å²) in [6.07, 6.45) is 4.33. The molecule has 3 heteroatoms. The standard InChI is InChI=1S/C18H16O3/c1-20-15-9-10-17-14(11-15)12-16(21-18(17)19)8-7-13-5-3-2-4-6-13/h2-11,16H,12H2,1H3. The summed E-state index contributed by atoms with van der Waals surface area (Å²) < 4.78 is 10.7. The highest BCUT2D eigenvalue weighted by Crippen LogP contribution is 2.25. The average Bonchev–Trinajstić information content (AvgIpc) is 2.53. The Morgan fingerprint density at radius 2 is 2.00 bits per heavy atom. The van der Waals surface area contributed by atoms with Gasteiger partial charge in [-0.15, -0.1) is 0 Å². The van der Waals surface area contributed by atoms with E-state index in [1.807, 2.05) is 48.6 Å². The van der Waals surface area contributed by atoms with Crippen molar-refractivity contribution in [1.29, 1.82) is 0 Å². The van der Waals surface area contributed by atoms with Gasteiger partial charge >= 0.3 is 5.97 Å². The van der Waals surface area contributed by atoms with E-state index >= 15 is 0 Å². The fourth-order valence-electron chi connectivity index (χ4n) is 2.41. The van der Waals surface area contributed by atoms with Crippen molar-refractivity contribution in [2.45, 2.75) is 12.5 Å². The van der Waals surface area contributed by atoms with Crippen LogP contribution in [0.15, 0.2) is 54.6 Å². The van der Waals surface area contributed by atoms with Crippen molar-refractivity contribution in [2.24, 2.45) is 0 Å². The molecule has 1 aliphatic heterocycles. The van der Waals surface area contributed by atoms with E-state index in [0.717, 1.165) is 16.9 Å². The molecule has 1 unspecified atom stereocenters. The molecule has 3 rings (SSSR count). The lowest BCUT2D eigenvalue weighted by atomic mass is 9.97. The molecule has 0 aromatic heterocycles. The largest absolute Gasteiger partial charge is 0.497 e. The lowest BCUT2D eigenvalue weighted by molar-refractivity contribution is 0.0359. The topological polar surface area (TPSA) is 35.5 Å². The number of hydrogen-bond donors (Lipinski definition) is 0. The third-order valence-corrected chi connectivity index (χ3v) is 3.51. The van der Waals surface area contributed by atoms with Crippen molar-refractivity contribution in [3.63, 3.8) is 0 Å². The van der Waals surface area contributed by atoms with Gasteiger partial charge in [0.25, 0.3) is 0 Å². The number of methoxy groups -OCH3 is 1. The Balaban J connectivity index is 1.81. The van der Waals surface area contributed by atoms with Gasteiger partial charge in [0.05, 0.1) is 12.7 Å². The number of carbonyl (C=O) groups excluding carboxylic acids is 1. The number of fused-ring (bicyclic) bond motifs is 1. The average molecular weight is 280 g/mol. The van der Waals surface area contributed by atoms with Crippen LogP contribution in [0.4, 0.5) is 0 Å². The van der Waals surface area contributed by atoms with E-state index in [0.29, 0.717) is 12.0 Å². The lowest BCUT2D eigenvalue weighted by Crippen LogP contribution is -2.26. The number of benzene rings is 2.